The summed E-state index contributed by atoms with van der Waals surface area (Å²) < 4.78 is 4.95. The fourth-order valence-electron chi connectivity index (χ4n) is 2.36. The van der Waals surface area contributed by atoms with Crippen molar-refractivity contribution in [3.63, 3.8) is 0 Å². The standard InChI is InChI=1S/C17H33N5O/c1-4-6-7-8-9-10-11-12-13-19-17(18-5-2)20-14-16-21-15(3)23-22-16/h4-14H2,1-3H3,(H2,18,19,20). The van der Waals surface area contributed by atoms with Gasteiger partial charge in [0.25, 0.3) is 0 Å². The van der Waals surface area contributed by atoms with Crippen LogP contribution >= 0.6 is 0 Å². The molecule has 1 rings (SSSR count). The molecular formula is C17H33N5O. The monoisotopic (exact) mass is 323 g/mol. The van der Waals surface area contributed by atoms with Crippen molar-refractivity contribution in [1.29, 1.82) is 0 Å². The third-order valence-corrected chi connectivity index (χ3v) is 3.62. The number of unbranched alkanes of at least 4 members (excludes halogenated alkanes) is 7. The van der Waals surface area contributed by atoms with Crippen LogP contribution < -0.4 is 10.6 Å². The molecule has 0 bridgehead atoms. The second-order valence-corrected chi connectivity index (χ2v) is 5.83. The number of hydrogen-bond acceptors (Lipinski definition) is 4. The number of aromatic nitrogens is 2. The van der Waals surface area contributed by atoms with E-state index in [2.05, 4.69) is 39.6 Å². The highest BCUT2D eigenvalue weighted by atomic mass is 16.5. The van der Waals surface area contributed by atoms with E-state index in [0.717, 1.165) is 19.0 Å². The molecule has 6 nitrogen and oxygen atoms in total. The van der Waals surface area contributed by atoms with Gasteiger partial charge >= 0.3 is 0 Å². The fraction of sp³-hybridized carbons (Fsp3) is 0.824. The zero-order valence-corrected chi connectivity index (χ0v) is 15.0. The van der Waals surface area contributed by atoms with Crippen molar-refractivity contribution < 1.29 is 4.52 Å². The summed E-state index contributed by atoms with van der Waals surface area (Å²) in [5, 5.41) is 10.4. The van der Waals surface area contributed by atoms with E-state index in [9.17, 15) is 0 Å². The van der Waals surface area contributed by atoms with Gasteiger partial charge in [0.2, 0.25) is 5.89 Å². The molecule has 1 heterocycles. The Morgan fingerprint density at radius 3 is 2.30 bits per heavy atom. The predicted octanol–water partition coefficient (Wildman–Crippen LogP) is 3.57. The van der Waals surface area contributed by atoms with Gasteiger partial charge in [-0.3, -0.25) is 0 Å². The average Bonchev–Trinajstić information content (AvgIpc) is 2.96. The Morgan fingerprint density at radius 2 is 1.70 bits per heavy atom. The highest BCUT2D eigenvalue weighted by molar-refractivity contribution is 5.79. The van der Waals surface area contributed by atoms with Crippen molar-refractivity contribution >= 4 is 5.96 Å². The molecule has 23 heavy (non-hydrogen) atoms. The lowest BCUT2D eigenvalue weighted by Gasteiger charge is -2.10. The third kappa shape index (κ3) is 9.92. The summed E-state index contributed by atoms with van der Waals surface area (Å²) >= 11 is 0. The van der Waals surface area contributed by atoms with Crippen LogP contribution in [0, 0.1) is 6.92 Å². The molecule has 1 aromatic heterocycles. The van der Waals surface area contributed by atoms with E-state index in [1.165, 1.54) is 51.4 Å². The van der Waals surface area contributed by atoms with Gasteiger partial charge in [-0.05, 0) is 13.3 Å². The van der Waals surface area contributed by atoms with Crippen LogP contribution in [0.3, 0.4) is 0 Å². The topological polar surface area (TPSA) is 75.3 Å². The molecule has 6 heteroatoms. The summed E-state index contributed by atoms with van der Waals surface area (Å²) in [6, 6.07) is 0. The fourth-order valence-corrected chi connectivity index (χ4v) is 2.36. The van der Waals surface area contributed by atoms with Gasteiger partial charge in [-0.25, -0.2) is 4.99 Å². The molecule has 0 fully saturated rings. The van der Waals surface area contributed by atoms with Gasteiger partial charge in [0, 0.05) is 20.0 Å². The first-order valence-electron chi connectivity index (χ1n) is 9.07. The Hall–Kier alpha value is -1.59. The number of hydrogen-bond donors (Lipinski definition) is 2. The quantitative estimate of drug-likeness (QED) is 0.349. The van der Waals surface area contributed by atoms with Crippen molar-refractivity contribution in [2.45, 2.75) is 78.7 Å². The minimum atomic E-state index is 0.435. The molecule has 0 saturated carbocycles. The molecule has 0 radical (unpaired) electrons. The van der Waals surface area contributed by atoms with Gasteiger partial charge in [0.05, 0.1) is 0 Å². The molecule has 0 aliphatic heterocycles. The van der Waals surface area contributed by atoms with Crippen LogP contribution in [-0.2, 0) is 6.54 Å². The molecule has 0 amide bonds. The van der Waals surface area contributed by atoms with Crippen LogP contribution in [0.15, 0.2) is 9.52 Å². The molecule has 1 aromatic rings. The second-order valence-electron chi connectivity index (χ2n) is 5.83. The van der Waals surface area contributed by atoms with Crippen LogP contribution in [-0.4, -0.2) is 29.2 Å². The zero-order chi connectivity index (χ0) is 16.8. The number of aryl methyl sites for hydroxylation is 1. The molecule has 0 atom stereocenters. The first-order valence-corrected chi connectivity index (χ1v) is 9.07. The summed E-state index contributed by atoms with van der Waals surface area (Å²) in [5.74, 6) is 2.01. The van der Waals surface area contributed by atoms with Gasteiger partial charge in [-0.1, -0.05) is 57.0 Å². The van der Waals surface area contributed by atoms with Gasteiger partial charge in [-0.15, -0.1) is 0 Å². The van der Waals surface area contributed by atoms with Gasteiger partial charge in [0.1, 0.15) is 6.54 Å². The van der Waals surface area contributed by atoms with E-state index < -0.39 is 0 Å². The summed E-state index contributed by atoms with van der Waals surface area (Å²) in [5.41, 5.74) is 0. The lowest BCUT2D eigenvalue weighted by Crippen LogP contribution is -2.37. The molecule has 0 unspecified atom stereocenters. The van der Waals surface area contributed by atoms with Gasteiger partial charge < -0.3 is 15.2 Å². The van der Waals surface area contributed by atoms with E-state index in [1.54, 1.807) is 6.92 Å². The minimum Gasteiger partial charge on any atom is -0.357 e. The highest BCUT2D eigenvalue weighted by Crippen LogP contribution is 2.07. The Morgan fingerprint density at radius 1 is 1.00 bits per heavy atom. The molecule has 132 valence electrons. The number of rotatable bonds is 12. The largest absolute Gasteiger partial charge is 0.357 e. The third-order valence-electron chi connectivity index (χ3n) is 3.62. The van der Waals surface area contributed by atoms with E-state index in [-0.39, 0.29) is 0 Å². The first-order chi connectivity index (χ1) is 11.3. The molecule has 2 N–H and O–H groups in total. The van der Waals surface area contributed by atoms with Gasteiger partial charge in [0.15, 0.2) is 11.8 Å². The Labute approximate surface area is 140 Å². The Kier molecular flexibility index (Phi) is 10.9. The van der Waals surface area contributed by atoms with Crippen LogP contribution in [0.1, 0.15) is 76.9 Å². The summed E-state index contributed by atoms with van der Waals surface area (Å²) in [6.07, 6.45) is 10.6. The van der Waals surface area contributed by atoms with Crippen molar-refractivity contribution in [1.82, 2.24) is 20.8 Å². The molecule has 0 aliphatic rings. The lowest BCUT2D eigenvalue weighted by molar-refractivity contribution is 0.387. The molecular weight excluding hydrogens is 290 g/mol. The normalized spacial score (nSPS) is 11.7. The average molecular weight is 323 g/mol. The van der Waals surface area contributed by atoms with Crippen LogP contribution in [0.25, 0.3) is 0 Å². The van der Waals surface area contributed by atoms with Crippen LogP contribution in [0.4, 0.5) is 0 Å². The smallest absolute Gasteiger partial charge is 0.223 e. The lowest BCUT2D eigenvalue weighted by atomic mass is 10.1. The van der Waals surface area contributed by atoms with E-state index in [1.807, 2.05) is 0 Å². The van der Waals surface area contributed by atoms with Crippen LogP contribution in [0.5, 0.6) is 0 Å². The summed E-state index contributed by atoms with van der Waals surface area (Å²) in [7, 11) is 0. The van der Waals surface area contributed by atoms with Crippen molar-refractivity contribution in [2.75, 3.05) is 13.1 Å². The molecule has 0 saturated heterocycles. The maximum atomic E-state index is 4.95. The number of nitrogens with one attached hydrogen (secondary N) is 2. The molecule has 0 spiro atoms. The molecule has 0 aliphatic carbocycles. The number of aliphatic imine (C=N–C) groups is 1. The zero-order valence-electron chi connectivity index (χ0n) is 15.0. The van der Waals surface area contributed by atoms with Crippen LogP contribution in [0.2, 0.25) is 0 Å². The maximum Gasteiger partial charge on any atom is 0.223 e. The maximum absolute atomic E-state index is 4.95. The number of guanidine groups is 1. The number of nitrogens with zero attached hydrogens (tertiary/aromatic N) is 3. The summed E-state index contributed by atoms with van der Waals surface area (Å²) in [4.78, 5) is 8.63. The second kappa shape index (κ2) is 12.9. The van der Waals surface area contributed by atoms with Crippen molar-refractivity contribution in [2.24, 2.45) is 4.99 Å². The van der Waals surface area contributed by atoms with E-state index in [0.29, 0.717) is 18.3 Å². The van der Waals surface area contributed by atoms with Crippen molar-refractivity contribution in [3.05, 3.63) is 11.7 Å². The Bertz CT molecular complexity index is 430. The highest BCUT2D eigenvalue weighted by Gasteiger charge is 2.02. The summed E-state index contributed by atoms with van der Waals surface area (Å²) in [6.45, 7) is 8.33. The Balaban J connectivity index is 2.13. The minimum absolute atomic E-state index is 0.435. The predicted molar refractivity (Wildman–Crippen MR) is 94.5 cm³/mol. The van der Waals surface area contributed by atoms with E-state index in [4.69, 9.17) is 4.52 Å². The molecule has 0 aromatic carbocycles. The first kappa shape index (κ1) is 19.5. The van der Waals surface area contributed by atoms with E-state index >= 15 is 0 Å². The van der Waals surface area contributed by atoms with Crippen molar-refractivity contribution in [3.8, 4) is 0 Å². The van der Waals surface area contributed by atoms with Gasteiger partial charge in [-0.2, -0.15) is 4.98 Å². The SMILES string of the molecule is CCCCCCCCCCNC(=NCc1noc(C)n1)NCC.